The number of hydrogen-bond donors (Lipinski definition) is 1. The summed E-state index contributed by atoms with van der Waals surface area (Å²) in [7, 11) is 1.86. The van der Waals surface area contributed by atoms with Gasteiger partial charge in [0, 0.05) is 25.9 Å². The summed E-state index contributed by atoms with van der Waals surface area (Å²) in [4.78, 5) is 16.8. The van der Waals surface area contributed by atoms with E-state index in [0.29, 0.717) is 25.3 Å². The molecule has 0 fully saturated rings. The van der Waals surface area contributed by atoms with Crippen molar-refractivity contribution in [3.8, 4) is 5.75 Å². The number of amides is 1. The number of nitrogens with zero attached hydrogens (tertiary/aromatic N) is 2. The molecule has 0 aliphatic rings. The fourth-order valence-electron chi connectivity index (χ4n) is 2.78. The maximum absolute atomic E-state index is 13.3. The molecule has 2 aromatic carbocycles. The number of hydrogen-bond acceptors (Lipinski definition) is 3. The Kier molecular flexibility index (Phi) is 6.20. The fourth-order valence-corrected chi connectivity index (χ4v) is 2.78. The SMILES string of the molecule is Cn1ccnc1C(NC(=O)CCCOc1ccccc1)c1ccc(F)cc1. The zero-order chi connectivity index (χ0) is 19.1. The van der Waals surface area contributed by atoms with Crippen LogP contribution in [0.25, 0.3) is 0 Å². The van der Waals surface area contributed by atoms with Crippen LogP contribution in [0, 0.1) is 5.82 Å². The molecule has 5 nitrogen and oxygen atoms in total. The van der Waals surface area contributed by atoms with Crippen molar-refractivity contribution in [3.05, 3.63) is 84.2 Å². The normalized spacial score (nSPS) is 11.8. The van der Waals surface area contributed by atoms with Gasteiger partial charge in [-0.25, -0.2) is 9.37 Å². The molecule has 0 bridgehead atoms. The number of nitrogens with one attached hydrogen (secondary N) is 1. The lowest BCUT2D eigenvalue weighted by Gasteiger charge is -2.19. The summed E-state index contributed by atoms with van der Waals surface area (Å²) < 4.78 is 20.7. The van der Waals surface area contributed by atoms with E-state index in [0.717, 1.165) is 11.3 Å². The van der Waals surface area contributed by atoms with Gasteiger partial charge in [-0.05, 0) is 36.2 Å². The van der Waals surface area contributed by atoms with Crippen LogP contribution in [0.1, 0.15) is 30.3 Å². The van der Waals surface area contributed by atoms with Crippen molar-refractivity contribution in [2.24, 2.45) is 7.05 Å². The van der Waals surface area contributed by atoms with Gasteiger partial charge in [-0.2, -0.15) is 0 Å². The van der Waals surface area contributed by atoms with Crippen LogP contribution >= 0.6 is 0 Å². The topological polar surface area (TPSA) is 56.2 Å². The van der Waals surface area contributed by atoms with E-state index in [1.165, 1.54) is 12.1 Å². The number of imidazole rings is 1. The molecule has 0 saturated heterocycles. The number of para-hydroxylation sites is 1. The van der Waals surface area contributed by atoms with E-state index in [1.807, 2.05) is 48.1 Å². The van der Waals surface area contributed by atoms with E-state index in [9.17, 15) is 9.18 Å². The van der Waals surface area contributed by atoms with Crippen molar-refractivity contribution in [2.75, 3.05) is 6.61 Å². The zero-order valence-electron chi connectivity index (χ0n) is 15.1. The number of halogens is 1. The molecule has 6 heteroatoms. The second kappa shape index (κ2) is 8.98. The Bertz CT molecular complexity index is 863. The van der Waals surface area contributed by atoms with Gasteiger partial charge in [-0.1, -0.05) is 30.3 Å². The number of aryl methyl sites for hydroxylation is 1. The number of benzene rings is 2. The molecule has 0 saturated carbocycles. The number of rotatable bonds is 8. The molecular weight excluding hydrogens is 345 g/mol. The molecule has 1 amide bonds. The highest BCUT2D eigenvalue weighted by atomic mass is 19.1. The molecule has 27 heavy (non-hydrogen) atoms. The molecule has 1 atom stereocenters. The molecule has 1 N–H and O–H groups in total. The van der Waals surface area contributed by atoms with Crippen LogP contribution in [0.15, 0.2) is 67.0 Å². The lowest BCUT2D eigenvalue weighted by molar-refractivity contribution is -0.121. The minimum atomic E-state index is -0.437. The minimum Gasteiger partial charge on any atom is -0.494 e. The van der Waals surface area contributed by atoms with Crippen LogP contribution in [0.3, 0.4) is 0 Å². The van der Waals surface area contributed by atoms with Gasteiger partial charge in [0.1, 0.15) is 23.4 Å². The van der Waals surface area contributed by atoms with Gasteiger partial charge in [0.05, 0.1) is 6.61 Å². The molecule has 0 aliphatic carbocycles. The second-order valence-electron chi connectivity index (χ2n) is 6.21. The first kappa shape index (κ1) is 18.6. The second-order valence-corrected chi connectivity index (χ2v) is 6.21. The summed E-state index contributed by atoms with van der Waals surface area (Å²) in [5.74, 6) is 1.05. The zero-order valence-corrected chi connectivity index (χ0v) is 15.1. The molecule has 140 valence electrons. The first-order valence-corrected chi connectivity index (χ1v) is 8.83. The molecule has 3 rings (SSSR count). The Labute approximate surface area is 157 Å². The molecule has 0 radical (unpaired) electrons. The largest absolute Gasteiger partial charge is 0.494 e. The molecule has 1 aromatic heterocycles. The lowest BCUT2D eigenvalue weighted by atomic mass is 10.1. The minimum absolute atomic E-state index is 0.107. The van der Waals surface area contributed by atoms with Crippen LogP contribution in [0.2, 0.25) is 0 Å². The Balaban J connectivity index is 1.59. The first-order chi connectivity index (χ1) is 13.1. The molecule has 0 aliphatic heterocycles. The van der Waals surface area contributed by atoms with Crippen LogP contribution in [0.5, 0.6) is 5.75 Å². The molecular formula is C21H22FN3O2. The third-order valence-electron chi connectivity index (χ3n) is 4.19. The maximum Gasteiger partial charge on any atom is 0.220 e. The van der Waals surface area contributed by atoms with Crippen molar-refractivity contribution in [1.82, 2.24) is 14.9 Å². The highest BCUT2D eigenvalue weighted by molar-refractivity contribution is 5.76. The van der Waals surface area contributed by atoms with Crippen molar-refractivity contribution in [3.63, 3.8) is 0 Å². The Morgan fingerprint density at radius 1 is 1.19 bits per heavy atom. The van der Waals surface area contributed by atoms with Gasteiger partial charge >= 0.3 is 0 Å². The van der Waals surface area contributed by atoms with Gasteiger partial charge in [-0.15, -0.1) is 0 Å². The Morgan fingerprint density at radius 3 is 2.59 bits per heavy atom. The number of aromatic nitrogens is 2. The van der Waals surface area contributed by atoms with Gasteiger partial charge in [0.2, 0.25) is 5.91 Å². The lowest BCUT2D eigenvalue weighted by Crippen LogP contribution is -2.31. The number of carbonyl (C=O) groups excluding carboxylic acids is 1. The van der Waals surface area contributed by atoms with E-state index >= 15 is 0 Å². The average Bonchev–Trinajstić information content (AvgIpc) is 3.11. The van der Waals surface area contributed by atoms with E-state index in [1.54, 1.807) is 18.3 Å². The van der Waals surface area contributed by atoms with E-state index in [4.69, 9.17) is 4.74 Å². The molecule has 1 unspecified atom stereocenters. The monoisotopic (exact) mass is 367 g/mol. The predicted molar refractivity (Wildman–Crippen MR) is 101 cm³/mol. The molecule has 1 heterocycles. The van der Waals surface area contributed by atoms with Gasteiger partial charge in [0.15, 0.2) is 0 Å². The van der Waals surface area contributed by atoms with Crippen LogP contribution in [0.4, 0.5) is 4.39 Å². The quantitative estimate of drug-likeness (QED) is 0.619. The van der Waals surface area contributed by atoms with E-state index < -0.39 is 6.04 Å². The summed E-state index contributed by atoms with van der Waals surface area (Å²) in [6.07, 6.45) is 4.41. The van der Waals surface area contributed by atoms with Crippen molar-refractivity contribution in [2.45, 2.75) is 18.9 Å². The standard InChI is InChI=1S/C21H22FN3O2/c1-25-14-13-23-21(25)20(16-9-11-17(22)12-10-16)24-19(26)8-5-15-27-18-6-3-2-4-7-18/h2-4,6-7,9-14,20H,5,8,15H2,1H3,(H,24,26). The third-order valence-corrected chi connectivity index (χ3v) is 4.19. The Hall–Kier alpha value is -3.15. The maximum atomic E-state index is 13.3. The average molecular weight is 367 g/mol. The van der Waals surface area contributed by atoms with Gasteiger partial charge < -0.3 is 14.6 Å². The summed E-state index contributed by atoms with van der Waals surface area (Å²) in [6.45, 7) is 0.459. The first-order valence-electron chi connectivity index (χ1n) is 8.83. The summed E-state index contributed by atoms with van der Waals surface area (Å²) in [5, 5.41) is 2.99. The van der Waals surface area contributed by atoms with Crippen LogP contribution in [-0.2, 0) is 11.8 Å². The van der Waals surface area contributed by atoms with Gasteiger partial charge in [-0.3, -0.25) is 4.79 Å². The number of ether oxygens (including phenoxy) is 1. The third kappa shape index (κ3) is 5.17. The van der Waals surface area contributed by atoms with Crippen molar-refractivity contribution < 1.29 is 13.9 Å². The summed E-state index contributed by atoms with van der Waals surface area (Å²) in [6, 6.07) is 15.1. The fraction of sp³-hybridized carbons (Fsp3) is 0.238. The summed E-state index contributed by atoms with van der Waals surface area (Å²) in [5.41, 5.74) is 0.777. The van der Waals surface area contributed by atoms with E-state index in [-0.39, 0.29) is 11.7 Å². The van der Waals surface area contributed by atoms with E-state index in [2.05, 4.69) is 10.3 Å². The number of carbonyl (C=O) groups is 1. The highest BCUT2D eigenvalue weighted by Gasteiger charge is 2.20. The Morgan fingerprint density at radius 2 is 1.93 bits per heavy atom. The van der Waals surface area contributed by atoms with Crippen molar-refractivity contribution >= 4 is 5.91 Å². The predicted octanol–water partition coefficient (Wildman–Crippen LogP) is 3.62. The van der Waals surface area contributed by atoms with Crippen LogP contribution < -0.4 is 10.1 Å². The summed E-state index contributed by atoms with van der Waals surface area (Å²) >= 11 is 0. The van der Waals surface area contributed by atoms with Crippen molar-refractivity contribution in [1.29, 1.82) is 0 Å². The highest BCUT2D eigenvalue weighted by Crippen LogP contribution is 2.21. The molecule has 3 aromatic rings. The molecule has 0 spiro atoms. The van der Waals surface area contributed by atoms with Crippen LogP contribution in [-0.4, -0.2) is 22.1 Å². The smallest absolute Gasteiger partial charge is 0.220 e. The van der Waals surface area contributed by atoms with Gasteiger partial charge in [0.25, 0.3) is 0 Å².